The maximum absolute atomic E-state index is 10.3. The fourth-order valence-corrected chi connectivity index (χ4v) is 0.464. The highest BCUT2D eigenvalue weighted by molar-refractivity contribution is 5.89. The molecule has 0 bridgehead atoms. The van der Waals surface area contributed by atoms with E-state index in [2.05, 4.69) is 13.2 Å². The van der Waals surface area contributed by atoms with Crippen molar-refractivity contribution in [1.82, 2.24) is 0 Å². The molecule has 0 fully saturated rings. The molecule has 0 aliphatic carbocycles. The highest BCUT2D eigenvalue weighted by Gasteiger charge is 1.97. The second-order valence-corrected chi connectivity index (χ2v) is 1.75. The third kappa shape index (κ3) is 3.92. The monoisotopic (exact) mass is 150 g/mol. The van der Waals surface area contributed by atoms with E-state index in [1.807, 2.05) is 0 Å². The van der Waals surface area contributed by atoms with Gasteiger partial charge in [-0.05, 0) is 6.08 Å². The Morgan fingerprint density at radius 2 is 1.91 bits per heavy atom. The van der Waals surface area contributed by atoms with E-state index in [1.165, 1.54) is 12.2 Å². The molecule has 0 aromatic carbocycles. The lowest BCUT2D eigenvalue weighted by Crippen LogP contribution is -1.95. The Kier molecular flexibility index (Phi) is 4.49. The van der Waals surface area contributed by atoms with Crippen molar-refractivity contribution in [3.63, 3.8) is 0 Å². The van der Waals surface area contributed by atoms with Crippen LogP contribution in [-0.2, 0) is 4.79 Å². The molecule has 0 aromatic rings. The van der Waals surface area contributed by atoms with Gasteiger partial charge in [-0.3, -0.25) is 0 Å². The molecular weight excluding hydrogens is 140 g/mol. The Bertz CT molecular complexity index is 222. The fraction of sp³-hybridized carbons (Fsp3) is 0. The van der Waals surface area contributed by atoms with E-state index in [1.54, 1.807) is 18.2 Å². The van der Waals surface area contributed by atoms with Gasteiger partial charge >= 0.3 is 5.97 Å². The molecule has 0 heterocycles. The van der Waals surface area contributed by atoms with Gasteiger partial charge in [-0.15, -0.1) is 0 Å². The Morgan fingerprint density at radius 3 is 2.27 bits per heavy atom. The molecule has 1 N–H and O–H groups in total. The van der Waals surface area contributed by atoms with Crippen molar-refractivity contribution in [2.24, 2.45) is 0 Å². The van der Waals surface area contributed by atoms with E-state index in [0.29, 0.717) is 0 Å². The zero-order chi connectivity index (χ0) is 8.69. The summed E-state index contributed by atoms with van der Waals surface area (Å²) in [6, 6.07) is 0. The van der Waals surface area contributed by atoms with Gasteiger partial charge in [0.1, 0.15) is 0 Å². The molecule has 0 rings (SSSR count). The molecule has 0 aromatic heterocycles. The van der Waals surface area contributed by atoms with Crippen molar-refractivity contribution in [3.05, 3.63) is 49.1 Å². The Morgan fingerprint density at radius 1 is 1.27 bits per heavy atom. The Hall–Kier alpha value is -1.57. The number of carbonyl (C=O) groups is 1. The molecule has 0 spiro atoms. The third-order valence-corrected chi connectivity index (χ3v) is 0.990. The minimum absolute atomic E-state index is 0.170. The molecule has 0 amide bonds. The number of hydrogen-bond donors (Lipinski definition) is 1. The molecule has 0 radical (unpaired) electrons. The maximum Gasteiger partial charge on any atom is 0.335 e. The normalized spacial score (nSPS) is 11.5. The smallest absolute Gasteiger partial charge is 0.335 e. The van der Waals surface area contributed by atoms with Gasteiger partial charge in [0.05, 0.1) is 5.57 Å². The summed E-state index contributed by atoms with van der Waals surface area (Å²) in [6.07, 6.45) is 7.55. The minimum Gasteiger partial charge on any atom is -0.478 e. The summed E-state index contributed by atoms with van der Waals surface area (Å²) in [6.45, 7) is 6.79. The quantitative estimate of drug-likeness (QED) is 0.491. The van der Waals surface area contributed by atoms with Crippen LogP contribution in [0.4, 0.5) is 0 Å². The maximum atomic E-state index is 10.3. The van der Waals surface area contributed by atoms with Crippen molar-refractivity contribution in [3.8, 4) is 0 Å². The molecule has 0 unspecified atom stereocenters. The van der Waals surface area contributed by atoms with Crippen LogP contribution in [0.25, 0.3) is 0 Å². The number of aliphatic carboxylic acids is 1. The average Bonchev–Trinajstić information content (AvgIpc) is 1.97. The summed E-state index contributed by atoms with van der Waals surface area (Å²) in [5.74, 6) is -0.978. The topological polar surface area (TPSA) is 37.3 Å². The predicted octanol–water partition coefficient (Wildman–Crippen LogP) is 1.93. The van der Waals surface area contributed by atoms with Crippen LogP contribution in [-0.4, -0.2) is 11.1 Å². The van der Waals surface area contributed by atoms with Gasteiger partial charge in [0.2, 0.25) is 0 Å². The molecule has 0 saturated heterocycles. The number of carboxylic acids is 1. The van der Waals surface area contributed by atoms with Crippen molar-refractivity contribution < 1.29 is 9.90 Å². The van der Waals surface area contributed by atoms with Crippen LogP contribution in [0.3, 0.4) is 0 Å². The summed E-state index contributed by atoms with van der Waals surface area (Å²) < 4.78 is 0. The fourth-order valence-electron chi connectivity index (χ4n) is 0.464. The first-order valence-electron chi connectivity index (χ1n) is 3.07. The van der Waals surface area contributed by atoms with Crippen LogP contribution >= 0.6 is 0 Å². The summed E-state index contributed by atoms with van der Waals surface area (Å²) in [4.78, 5) is 10.3. The zero-order valence-electron chi connectivity index (χ0n) is 6.16. The minimum atomic E-state index is -0.978. The van der Waals surface area contributed by atoms with Crippen LogP contribution in [0.1, 0.15) is 0 Å². The lowest BCUT2D eigenvalue weighted by molar-refractivity contribution is -0.132. The first-order valence-corrected chi connectivity index (χ1v) is 3.07. The van der Waals surface area contributed by atoms with Gasteiger partial charge in [0, 0.05) is 0 Å². The lowest BCUT2D eigenvalue weighted by atomic mass is 10.2. The summed E-state index contributed by atoms with van der Waals surface area (Å²) in [5, 5.41) is 8.47. The molecule has 2 heteroatoms. The first kappa shape index (κ1) is 9.43. The van der Waals surface area contributed by atoms with Crippen LogP contribution in [0.15, 0.2) is 49.1 Å². The standard InChI is InChI=1S/C9H10O2/c1-3-5-6-7-8(4-2)9(10)11/h3-7H,1-2H2,(H,10,11)/b6-5-,8-7+. The SMILES string of the molecule is C=C/C=C\C=C(/C=C)C(=O)O. The van der Waals surface area contributed by atoms with E-state index >= 15 is 0 Å². The second kappa shape index (κ2) is 5.23. The van der Waals surface area contributed by atoms with Crippen molar-refractivity contribution in [1.29, 1.82) is 0 Å². The average molecular weight is 150 g/mol. The van der Waals surface area contributed by atoms with E-state index in [-0.39, 0.29) is 5.57 Å². The molecule has 2 nitrogen and oxygen atoms in total. The third-order valence-electron chi connectivity index (χ3n) is 0.990. The number of carboxylic acid groups (broad SMARTS) is 1. The van der Waals surface area contributed by atoms with Gasteiger partial charge in [-0.1, -0.05) is 37.5 Å². The first-order chi connectivity index (χ1) is 5.22. The van der Waals surface area contributed by atoms with E-state index < -0.39 is 5.97 Å². The van der Waals surface area contributed by atoms with Gasteiger partial charge in [0.15, 0.2) is 0 Å². The van der Waals surface area contributed by atoms with Crippen LogP contribution in [0.5, 0.6) is 0 Å². The van der Waals surface area contributed by atoms with Crippen LogP contribution in [0, 0.1) is 0 Å². The van der Waals surface area contributed by atoms with Crippen molar-refractivity contribution in [2.75, 3.05) is 0 Å². The Labute approximate surface area is 65.9 Å². The largest absolute Gasteiger partial charge is 0.478 e. The molecule has 0 aliphatic rings. The van der Waals surface area contributed by atoms with Crippen LogP contribution in [0.2, 0.25) is 0 Å². The molecule has 0 atom stereocenters. The van der Waals surface area contributed by atoms with Crippen LogP contribution < -0.4 is 0 Å². The molecule has 0 aliphatic heterocycles. The molecule has 0 saturated carbocycles. The summed E-state index contributed by atoms with van der Waals surface area (Å²) >= 11 is 0. The van der Waals surface area contributed by atoms with E-state index in [4.69, 9.17) is 5.11 Å². The molecular formula is C9H10O2. The van der Waals surface area contributed by atoms with Crippen molar-refractivity contribution >= 4 is 5.97 Å². The molecule has 58 valence electrons. The number of rotatable bonds is 4. The zero-order valence-corrected chi connectivity index (χ0v) is 6.16. The summed E-state index contributed by atoms with van der Waals surface area (Å²) in [7, 11) is 0. The number of hydrogen-bond acceptors (Lipinski definition) is 1. The van der Waals surface area contributed by atoms with Gasteiger partial charge in [-0.25, -0.2) is 4.79 Å². The van der Waals surface area contributed by atoms with E-state index in [9.17, 15) is 4.79 Å². The van der Waals surface area contributed by atoms with Crippen molar-refractivity contribution in [2.45, 2.75) is 0 Å². The summed E-state index contributed by atoms with van der Waals surface area (Å²) in [5.41, 5.74) is 0.170. The number of allylic oxidation sites excluding steroid dienone is 4. The Balaban J connectivity index is 4.35. The highest BCUT2D eigenvalue weighted by atomic mass is 16.4. The second-order valence-electron chi connectivity index (χ2n) is 1.75. The van der Waals surface area contributed by atoms with Gasteiger partial charge in [-0.2, -0.15) is 0 Å². The van der Waals surface area contributed by atoms with Gasteiger partial charge in [0.25, 0.3) is 0 Å². The predicted molar refractivity (Wildman–Crippen MR) is 45.3 cm³/mol. The van der Waals surface area contributed by atoms with E-state index in [0.717, 1.165) is 0 Å². The highest BCUT2D eigenvalue weighted by Crippen LogP contribution is 1.95. The lowest BCUT2D eigenvalue weighted by Gasteiger charge is -1.88. The van der Waals surface area contributed by atoms with Gasteiger partial charge < -0.3 is 5.11 Å². The molecule has 11 heavy (non-hydrogen) atoms.